The van der Waals surface area contributed by atoms with Crippen LogP contribution >= 0.6 is 23.2 Å². The molecule has 1 aromatic heterocycles. The monoisotopic (exact) mass is 499 g/mol. The Labute approximate surface area is 209 Å². The number of nitrogens with zero attached hydrogens (tertiary/aromatic N) is 3. The van der Waals surface area contributed by atoms with Crippen LogP contribution in [0.2, 0.25) is 10.0 Å². The molecule has 2 fully saturated rings. The number of para-hydroxylation sites is 1. The zero-order valence-corrected chi connectivity index (χ0v) is 21.1. The number of halogens is 2. The third-order valence-electron chi connectivity index (χ3n) is 7.36. The smallest absolute Gasteiger partial charge is 0.296 e. The van der Waals surface area contributed by atoms with Crippen molar-refractivity contribution in [2.45, 2.75) is 52.7 Å². The Morgan fingerprint density at radius 2 is 1.94 bits per heavy atom. The van der Waals surface area contributed by atoms with Crippen molar-refractivity contribution in [2.75, 3.05) is 6.54 Å². The van der Waals surface area contributed by atoms with Gasteiger partial charge < -0.3 is 10.0 Å². The summed E-state index contributed by atoms with van der Waals surface area (Å²) in [5.41, 5.74) is 2.05. The Balaban J connectivity index is 1.47. The lowest BCUT2D eigenvalue weighted by atomic mass is 9.65. The van der Waals surface area contributed by atoms with Crippen molar-refractivity contribution in [1.82, 2.24) is 4.57 Å². The third kappa shape index (κ3) is 4.23. The lowest BCUT2D eigenvalue weighted by Crippen LogP contribution is -3.13. The molecule has 0 spiro atoms. The number of hydrogen-bond donors (Lipinski definition) is 2. The van der Waals surface area contributed by atoms with E-state index in [1.54, 1.807) is 6.07 Å². The maximum atomic E-state index is 12.6. The van der Waals surface area contributed by atoms with E-state index in [9.17, 15) is 9.90 Å². The quantitative estimate of drug-likeness (QED) is 0.430. The van der Waals surface area contributed by atoms with Crippen molar-refractivity contribution in [3.05, 3.63) is 58.1 Å². The van der Waals surface area contributed by atoms with E-state index >= 15 is 0 Å². The number of aromatic nitrogens is 1. The number of azo groups is 1. The van der Waals surface area contributed by atoms with Crippen molar-refractivity contribution in [2.24, 2.45) is 21.1 Å². The summed E-state index contributed by atoms with van der Waals surface area (Å²) in [7, 11) is 0. The molecule has 2 N–H and O–H groups in total. The maximum Gasteiger partial charge on any atom is 0.296 e. The minimum atomic E-state index is -0.591. The summed E-state index contributed by atoms with van der Waals surface area (Å²) in [5.74, 6) is -0.565. The number of rotatable bonds is 4. The van der Waals surface area contributed by atoms with Gasteiger partial charge in [-0.3, -0.25) is 9.36 Å². The van der Waals surface area contributed by atoms with Gasteiger partial charge in [0.1, 0.15) is 0 Å². The van der Waals surface area contributed by atoms with Gasteiger partial charge in [0.2, 0.25) is 5.88 Å². The number of benzene rings is 2. The van der Waals surface area contributed by atoms with Crippen LogP contribution in [0.15, 0.2) is 52.7 Å². The molecule has 1 amide bonds. The molecule has 1 saturated heterocycles. The Morgan fingerprint density at radius 1 is 1.18 bits per heavy atom. The molecule has 178 valence electrons. The van der Waals surface area contributed by atoms with E-state index in [0.717, 1.165) is 17.4 Å². The lowest BCUT2D eigenvalue weighted by molar-refractivity contribution is -0.936. The summed E-state index contributed by atoms with van der Waals surface area (Å²) < 4.78 is 1.91. The first-order valence-corrected chi connectivity index (χ1v) is 12.4. The number of amides is 1. The number of quaternary nitrogens is 1. The van der Waals surface area contributed by atoms with Gasteiger partial charge in [0.25, 0.3) is 5.91 Å². The first-order valence-electron chi connectivity index (χ1n) is 11.6. The van der Waals surface area contributed by atoms with Crippen LogP contribution in [0, 0.1) is 10.8 Å². The topological polar surface area (TPSA) is 71.4 Å². The number of nitrogens with one attached hydrogen (secondary N) is 1. The van der Waals surface area contributed by atoms with Crippen LogP contribution in [-0.4, -0.2) is 28.2 Å². The maximum absolute atomic E-state index is 12.6. The van der Waals surface area contributed by atoms with E-state index in [1.807, 2.05) is 28.8 Å². The van der Waals surface area contributed by atoms with Crippen LogP contribution in [0.5, 0.6) is 5.88 Å². The molecule has 3 atom stereocenters. The highest BCUT2D eigenvalue weighted by atomic mass is 35.5. The Morgan fingerprint density at radius 3 is 2.71 bits per heavy atom. The van der Waals surface area contributed by atoms with E-state index in [0.29, 0.717) is 34.3 Å². The molecule has 2 bridgehead atoms. The summed E-state index contributed by atoms with van der Waals surface area (Å²) in [6, 6.07) is 12.9. The Kier molecular flexibility index (Phi) is 5.74. The largest absolute Gasteiger partial charge is 0.493 e. The molecular formula is C26H29Cl2N4O2+. The highest BCUT2D eigenvalue weighted by molar-refractivity contribution is 6.36. The van der Waals surface area contributed by atoms with E-state index in [-0.39, 0.29) is 16.5 Å². The zero-order chi connectivity index (χ0) is 24.3. The van der Waals surface area contributed by atoms with E-state index in [1.165, 1.54) is 36.3 Å². The number of aromatic hydroxyl groups is 1. The second-order valence-electron chi connectivity index (χ2n) is 11.0. The van der Waals surface area contributed by atoms with Gasteiger partial charge in [-0.15, -0.1) is 10.2 Å². The van der Waals surface area contributed by atoms with Gasteiger partial charge in [0.15, 0.2) is 12.4 Å². The molecule has 34 heavy (non-hydrogen) atoms. The normalized spacial score (nSPS) is 25.9. The van der Waals surface area contributed by atoms with Crippen molar-refractivity contribution in [3.63, 3.8) is 0 Å². The van der Waals surface area contributed by atoms with Crippen LogP contribution < -0.4 is 4.90 Å². The number of fused-ring (bicyclic) bond motifs is 3. The third-order valence-corrected chi connectivity index (χ3v) is 7.90. The number of carbonyl (C=O) groups is 1. The highest BCUT2D eigenvalue weighted by Gasteiger charge is 2.52. The van der Waals surface area contributed by atoms with Gasteiger partial charge in [0, 0.05) is 28.7 Å². The molecule has 2 aliphatic rings. The average Bonchev–Trinajstić information content (AvgIpc) is 3.15. The molecule has 1 unspecified atom stereocenters. The van der Waals surface area contributed by atoms with E-state index < -0.39 is 5.91 Å². The predicted octanol–water partition coefficient (Wildman–Crippen LogP) is 6.02. The van der Waals surface area contributed by atoms with Crippen LogP contribution in [0.1, 0.15) is 50.4 Å². The molecule has 1 aliphatic heterocycles. The summed E-state index contributed by atoms with van der Waals surface area (Å²) in [6.07, 6.45) is 3.63. The standard InChI is InChI=1S/C26H28Cl2N4O2/c1-25(2)11-17-12-26(3,13-25)14-31(17)15-32-21-7-5-4-6-19(21)22(24(32)34)29-30-23(33)18-9-8-16(27)10-20(18)28/h4-10,17,34H,11-15H2,1-3H3/p+1/t17-,26-/m1/s1. The van der Waals surface area contributed by atoms with Crippen molar-refractivity contribution < 1.29 is 14.8 Å². The summed E-state index contributed by atoms with van der Waals surface area (Å²) in [5, 5.41) is 20.6. The Hall–Kier alpha value is -2.41. The minimum Gasteiger partial charge on any atom is -0.493 e. The molecule has 3 aromatic rings. The first-order chi connectivity index (χ1) is 16.1. The lowest BCUT2D eigenvalue weighted by Gasteiger charge is -2.37. The second kappa shape index (κ2) is 8.36. The average molecular weight is 500 g/mol. The number of carbonyl (C=O) groups excluding carboxylic acids is 1. The van der Waals surface area contributed by atoms with Gasteiger partial charge in [-0.1, -0.05) is 62.2 Å². The van der Waals surface area contributed by atoms with Crippen LogP contribution in [0.4, 0.5) is 5.69 Å². The first kappa shape index (κ1) is 23.3. The summed E-state index contributed by atoms with van der Waals surface area (Å²) in [6.45, 7) is 8.86. The van der Waals surface area contributed by atoms with Crippen molar-refractivity contribution in [3.8, 4) is 5.88 Å². The SMILES string of the molecule is CC1(C)C[C@@H]2C[C@@](C)(C[NH+]2Cn2c(O)c(N=NC(=O)c3ccc(Cl)cc3Cl)c3ccccc32)C1. The fourth-order valence-corrected chi connectivity index (χ4v) is 6.97. The van der Waals surface area contributed by atoms with Crippen molar-refractivity contribution >= 4 is 45.7 Å². The molecular weight excluding hydrogens is 471 g/mol. The molecule has 6 nitrogen and oxygen atoms in total. The van der Waals surface area contributed by atoms with Gasteiger partial charge in [0.05, 0.1) is 28.7 Å². The predicted molar refractivity (Wildman–Crippen MR) is 134 cm³/mol. The second-order valence-corrected chi connectivity index (χ2v) is 11.8. The zero-order valence-electron chi connectivity index (χ0n) is 19.6. The summed E-state index contributed by atoms with van der Waals surface area (Å²) >= 11 is 12.1. The van der Waals surface area contributed by atoms with Gasteiger partial charge in [-0.05, 0) is 36.1 Å². The van der Waals surface area contributed by atoms with Gasteiger partial charge in [-0.25, -0.2) is 0 Å². The van der Waals surface area contributed by atoms with Gasteiger partial charge in [-0.2, -0.15) is 0 Å². The van der Waals surface area contributed by atoms with Crippen LogP contribution in [0.3, 0.4) is 0 Å². The minimum absolute atomic E-state index is 0.0262. The van der Waals surface area contributed by atoms with Crippen LogP contribution in [0.25, 0.3) is 10.9 Å². The number of likely N-dealkylation sites (tertiary alicyclic amines) is 1. The fourth-order valence-electron chi connectivity index (χ4n) is 6.48. The number of hydrogen-bond acceptors (Lipinski definition) is 3. The van der Waals surface area contributed by atoms with Crippen molar-refractivity contribution in [1.29, 1.82) is 0 Å². The van der Waals surface area contributed by atoms with Gasteiger partial charge >= 0.3 is 0 Å². The molecule has 2 aromatic carbocycles. The fraction of sp³-hybridized carbons (Fsp3) is 0.423. The molecule has 0 radical (unpaired) electrons. The summed E-state index contributed by atoms with van der Waals surface area (Å²) in [4.78, 5) is 14.1. The van der Waals surface area contributed by atoms with E-state index in [2.05, 4.69) is 31.0 Å². The van der Waals surface area contributed by atoms with E-state index in [4.69, 9.17) is 23.2 Å². The molecule has 1 saturated carbocycles. The molecule has 5 rings (SSSR count). The molecule has 8 heteroatoms. The van der Waals surface area contributed by atoms with Crippen LogP contribution in [-0.2, 0) is 6.67 Å². The highest BCUT2D eigenvalue weighted by Crippen LogP contribution is 2.47. The Bertz CT molecular complexity index is 1320. The molecule has 2 heterocycles. The molecule has 1 aliphatic carbocycles.